The molecule has 35 heavy (non-hydrogen) atoms. The molecule has 5 heterocycles. The van der Waals surface area contributed by atoms with E-state index >= 15 is 0 Å². The number of aromatic amines is 1. The van der Waals surface area contributed by atoms with Crippen molar-refractivity contribution in [3.63, 3.8) is 0 Å². The lowest BCUT2D eigenvalue weighted by Gasteiger charge is -2.47. The molecule has 0 spiro atoms. The number of hydrogen-bond acceptors (Lipinski definition) is 7. The minimum absolute atomic E-state index is 0.0211. The second-order valence-corrected chi connectivity index (χ2v) is 8.66. The van der Waals surface area contributed by atoms with Crippen molar-refractivity contribution >= 4 is 17.3 Å². The van der Waals surface area contributed by atoms with Gasteiger partial charge < -0.3 is 15.0 Å². The van der Waals surface area contributed by atoms with Crippen molar-refractivity contribution in [2.45, 2.75) is 25.2 Å². The monoisotopic (exact) mass is 487 g/mol. The third-order valence-electron chi connectivity index (χ3n) is 6.30. The Labute approximate surface area is 199 Å². The molecule has 0 saturated carbocycles. The van der Waals surface area contributed by atoms with Crippen molar-refractivity contribution in [1.29, 1.82) is 0 Å². The summed E-state index contributed by atoms with van der Waals surface area (Å²) in [6.45, 7) is 5.53. The molecule has 2 fully saturated rings. The lowest BCUT2D eigenvalue weighted by Crippen LogP contribution is -2.60. The third-order valence-corrected chi connectivity index (χ3v) is 6.30. The highest BCUT2D eigenvalue weighted by molar-refractivity contribution is 6.03. The van der Waals surface area contributed by atoms with Gasteiger partial charge in [-0.1, -0.05) is 6.07 Å². The molecule has 12 heteroatoms. The maximum Gasteiger partial charge on any atom is 0.435 e. The van der Waals surface area contributed by atoms with Crippen LogP contribution in [0.3, 0.4) is 0 Å². The van der Waals surface area contributed by atoms with E-state index in [1.165, 1.54) is 24.5 Å². The van der Waals surface area contributed by atoms with Crippen molar-refractivity contribution in [2.75, 3.05) is 43.1 Å². The van der Waals surface area contributed by atoms with Gasteiger partial charge in [-0.2, -0.15) is 18.3 Å². The summed E-state index contributed by atoms with van der Waals surface area (Å²) in [5.74, 6) is -0.761. The molecule has 2 aliphatic rings. The zero-order valence-electron chi connectivity index (χ0n) is 18.9. The van der Waals surface area contributed by atoms with Crippen LogP contribution in [0.25, 0.3) is 11.3 Å². The van der Waals surface area contributed by atoms with E-state index in [0.717, 1.165) is 6.54 Å². The number of H-pyrrole nitrogens is 1. The minimum Gasteiger partial charge on any atom is -0.378 e. The molecule has 2 N–H and O–H groups in total. The number of alkyl halides is 3. The first-order chi connectivity index (χ1) is 16.8. The van der Waals surface area contributed by atoms with Gasteiger partial charge >= 0.3 is 6.18 Å². The topological polar surface area (TPSA) is 99.3 Å². The Bertz CT molecular complexity index is 1200. The molecular formula is C23H24F3N7O2. The summed E-state index contributed by atoms with van der Waals surface area (Å²) < 4.78 is 46.4. The summed E-state index contributed by atoms with van der Waals surface area (Å²) in [5, 5.41) is 8.89. The number of piperazine rings is 1. The Kier molecular flexibility index (Phi) is 6.15. The lowest BCUT2D eigenvalue weighted by molar-refractivity contribution is -0.140. The number of ether oxygens (including phenoxy) is 1. The average Bonchev–Trinajstić information content (AvgIpc) is 3.33. The van der Waals surface area contributed by atoms with Crippen LogP contribution in [-0.2, 0) is 10.9 Å². The maximum atomic E-state index is 13.7. The molecule has 3 aromatic heterocycles. The Hall–Kier alpha value is -3.51. The van der Waals surface area contributed by atoms with Gasteiger partial charge in [-0.15, -0.1) is 0 Å². The number of halogens is 3. The van der Waals surface area contributed by atoms with Crippen LogP contribution in [0, 0.1) is 0 Å². The normalized spacial score (nSPS) is 19.4. The van der Waals surface area contributed by atoms with E-state index in [1.54, 1.807) is 18.3 Å². The number of nitrogens with one attached hydrogen (secondary N) is 2. The van der Waals surface area contributed by atoms with Gasteiger partial charge in [-0.25, -0.2) is 9.97 Å². The van der Waals surface area contributed by atoms with Crippen LogP contribution >= 0.6 is 0 Å². The van der Waals surface area contributed by atoms with Crippen molar-refractivity contribution in [1.82, 2.24) is 25.1 Å². The molecule has 0 aromatic carbocycles. The average molecular weight is 487 g/mol. The van der Waals surface area contributed by atoms with Gasteiger partial charge in [-0.3, -0.25) is 14.8 Å². The van der Waals surface area contributed by atoms with Crippen molar-refractivity contribution < 1.29 is 22.7 Å². The zero-order valence-corrected chi connectivity index (χ0v) is 18.9. The standard InChI is InChI=1S/C23H24F3N7O2/c1-14-11-32(5-6-33(14)17-12-35-13-17)16-7-20(21(27-10-16)23(24,25)26)31-22(34)19-4-2-3-18(30-19)15-8-28-29-9-15/h2-4,7-10,14,17H,5-6,11-13H2,1H3,(H,28,29)(H,31,34)/t14-/m0/s1. The van der Waals surface area contributed by atoms with Gasteiger partial charge in [-0.05, 0) is 25.1 Å². The van der Waals surface area contributed by atoms with Gasteiger partial charge in [0.05, 0.1) is 48.7 Å². The molecule has 1 amide bonds. The first-order valence-electron chi connectivity index (χ1n) is 11.2. The van der Waals surface area contributed by atoms with E-state index in [4.69, 9.17) is 4.74 Å². The van der Waals surface area contributed by atoms with E-state index in [1.807, 2.05) is 4.90 Å². The number of amides is 1. The van der Waals surface area contributed by atoms with Crippen LogP contribution < -0.4 is 10.2 Å². The first-order valence-corrected chi connectivity index (χ1v) is 11.2. The van der Waals surface area contributed by atoms with Crippen molar-refractivity contribution in [2.24, 2.45) is 0 Å². The Balaban J connectivity index is 1.38. The first kappa shape index (κ1) is 23.2. The molecular weight excluding hydrogens is 463 g/mol. The van der Waals surface area contributed by atoms with E-state index in [2.05, 4.69) is 37.3 Å². The van der Waals surface area contributed by atoms with Gasteiger partial charge in [0.1, 0.15) is 5.69 Å². The Morgan fingerprint density at radius 2 is 2.06 bits per heavy atom. The van der Waals surface area contributed by atoms with Gasteiger partial charge in [0.2, 0.25) is 0 Å². The van der Waals surface area contributed by atoms with Gasteiger partial charge in [0.15, 0.2) is 5.69 Å². The number of nitrogens with zero attached hydrogens (tertiary/aromatic N) is 5. The van der Waals surface area contributed by atoms with Crippen LogP contribution in [0.1, 0.15) is 23.1 Å². The largest absolute Gasteiger partial charge is 0.435 e. The van der Waals surface area contributed by atoms with Crippen LogP contribution in [0.5, 0.6) is 0 Å². The fourth-order valence-electron chi connectivity index (χ4n) is 4.41. The SMILES string of the molecule is C[C@H]1CN(c2cnc(C(F)(F)F)c(NC(=O)c3cccc(-c4cn[nH]c4)n3)c2)CCN1C1COC1. The Morgan fingerprint density at radius 1 is 1.23 bits per heavy atom. The number of hydrogen-bond donors (Lipinski definition) is 2. The van der Waals surface area contributed by atoms with E-state index in [9.17, 15) is 18.0 Å². The molecule has 0 aliphatic carbocycles. The molecule has 0 radical (unpaired) electrons. The third kappa shape index (κ3) is 4.84. The van der Waals surface area contributed by atoms with Gasteiger partial charge in [0, 0.05) is 37.4 Å². The summed E-state index contributed by atoms with van der Waals surface area (Å²) in [7, 11) is 0. The highest BCUT2D eigenvalue weighted by atomic mass is 19.4. The quantitative estimate of drug-likeness (QED) is 0.571. The Morgan fingerprint density at radius 3 is 2.71 bits per heavy atom. The van der Waals surface area contributed by atoms with E-state index in [-0.39, 0.29) is 11.7 Å². The van der Waals surface area contributed by atoms with Crippen LogP contribution in [0.4, 0.5) is 24.5 Å². The summed E-state index contributed by atoms with van der Waals surface area (Å²) in [5.41, 5.74) is 0.0629. The molecule has 2 saturated heterocycles. The smallest absolute Gasteiger partial charge is 0.378 e. The molecule has 1 atom stereocenters. The van der Waals surface area contributed by atoms with E-state index in [0.29, 0.717) is 49.3 Å². The molecule has 5 rings (SSSR count). The zero-order chi connectivity index (χ0) is 24.6. The summed E-state index contributed by atoms with van der Waals surface area (Å²) in [6.07, 6.45) is -0.371. The summed E-state index contributed by atoms with van der Waals surface area (Å²) in [4.78, 5) is 25.2. The van der Waals surface area contributed by atoms with Crippen molar-refractivity contribution in [3.8, 4) is 11.3 Å². The molecule has 184 valence electrons. The number of rotatable bonds is 5. The fraction of sp³-hybridized carbons (Fsp3) is 0.391. The molecule has 9 nitrogen and oxygen atoms in total. The van der Waals surface area contributed by atoms with Crippen LogP contribution in [0.15, 0.2) is 42.9 Å². The highest BCUT2D eigenvalue weighted by Crippen LogP contribution is 2.36. The van der Waals surface area contributed by atoms with Crippen LogP contribution in [0.2, 0.25) is 0 Å². The minimum atomic E-state index is -4.73. The lowest BCUT2D eigenvalue weighted by atomic mass is 10.1. The molecule has 3 aromatic rings. The maximum absolute atomic E-state index is 13.7. The highest BCUT2D eigenvalue weighted by Gasteiger charge is 2.38. The second kappa shape index (κ2) is 9.27. The fourth-order valence-corrected chi connectivity index (χ4v) is 4.41. The summed E-state index contributed by atoms with van der Waals surface area (Å²) in [6, 6.07) is 6.65. The predicted molar refractivity (Wildman–Crippen MR) is 122 cm³/mol. The molecule has 2 aliphatic heterocycles. The number of aromatic nitrogens is 4. The van der Waals surface area contributed by atoms with E-state index < -0.39 is 23.5 Å². The van der Waals surface area contributed by atoms with Gasteiger partial charge in [0.25, 0.3) is 5.91 Å². The number of pyridine rings is 2. The molecule has 0 bridgehead atoms. The number of anilines is 2. The number of carbonyl (C=O) groups excluding carboxylic acids is 1. The predicted octanol–water partition coefficient (Wildman–Crippen LogP) is 3.05. The number of carbonyl (C=O) groups is 1. The van der Waals surface area contributed by atoms with Crippen LogP contribution in [-0.4, -0.2) is 75.9 Å². The second-order valence-electron chi connectivity index (χ2n) is 8.66. The molecule has 0 unspecified atom stereocenters. The van der Waals surface area contributed by atoms with Crippen molar-refractivity contribution in [3.05, 3.63) is 54.2 Å². The summed E-state index contributed by atoms with van der Waals surface area (Å²) >= 11 is 0.